The molecular formula is C11H22N2S. The molecule has 0 aliphatic carbocycles. The molecule has 2 rings (SSSR count). The van der Waals surface area contributed by atoms with Gasteiger partial charge in [0.2, 0.25) is 0 Å². The smallest absolute Gasteiger partial charge is 0.0195 e. The van der Waals surface area contributed by atoms with Crippen molar-refractivity contribution in [3.05, 3.63) is 0 Å². The van der Waals surface area contributed by atoms with Crippen LogP contribution in [0.25, 0.3) is 0 Å². The number of rotatable bonds is 3. The molecule has 2 saturated heterocycles. The zero-order valence-corrected chi connectivity index (χ0v) is 9.98. The Bertz CT molecular complexity index is 163. The van der Waals surface area contributed by atoms with E-state index < -0.39 is 0 Å². The Kier molecular flexibility index (Phi) is 4.14. The fourth-order valence-corrected chi connectivity index (χ4v) is 3.74. The van der Waals surface area contributed by atoms with Crippen molar-refractivity contribution in [3.8, 4) is 0 Å². The highest BCUT2D eigenvalue weighted by Gasteiger charge is 2.22. The third kappa shape index (κ3) is 2.88. The molecule has 2 nitrogen and oxygen atoms in total. The van der Waals surface area contributed by atoms with E-state index in [1.54, 1.807) is 0 Å². The molecule has 0 aromatic carbocycles. The largest absolute Gasteiger partial charge is 0.313 e. The van der Waals surface area contributed by atoms with Gasteiger partial charge in [0.25, 0.3) is 0 Å². The lowest BCUT2D eigenvalue weighted by molar-refractivity contribution is 0.216. The Hall–Kier alpha value is 0.270. The van der Waals surface area contributed by atoms with E-state index >= 15 is 0 Å². The highest BCUT2D eigenvalue weighted by atomic mass is 32.2. The highest BCUT2D eigenvalue weighted by molar-refractivity contribution is 7.99. The molecule has 0 bridgehead atoms. The van der Waals surface area contributed by atoms with Crippen LogP contribution in [-0.2, 0) is 0 Å². The number of hydrogen-bond acceptors (Lipinski definition) is 3. The minimum Gasteiger partial charge on any atom is -0.313 e. The van der Waals surface area contributed by atoms with Gasteiger partial charge >= 0.3 is 0 Å². The highest BCUT2D eigenvalue weighted by Crippen LogP contribution is 2.22. The molecule has 82 valence electrons. The number of nitrogens with one attached hydrogen (secondary N) is 1. The summed E-state index contributed by atoms with van der Waals surface area (Å²) in [7, 11) is 2.30. The van der Waals surface area contributed by atoms with Crippen LogP contribution in [0.1, 0.15) is 25.7 Å². The average molecular weight is 214 g/mol. The lowest BCUT2D eigenvalue weighted by Gasteiger charge is -2.31. The van der Waals surface area contributed by atoms with Crippen molar-refractivity contribution >= 4 is 11.8 Å². The van der Waals surface area contributed by atoms with E-state index in [1.165, 1.54) is 50.3 Å². The zero-order chi connectivity index (χ0) is 9.80. The van der Waals surface area contributed by atoms with Crippen LogP contribution >= 0.6 is 11.8 Å². The normalized spacial score (nSPS) is 33.9. The molecule has 2 aliphatic rings. The molecular weight excluding hydrogens is 192 g/mol. The lowest BCUT2D eigenvalue weighted by Crippen LogP contribution is -2.45. The van der Waals surface area contributed by atoms with Crippen molar-refractivity contribution in [1.29, 1.82) is 0 Å². The molecule has 0 aromatic rings. The summed E-state index contributed by atoms with van der Waals surface area (Å²) in [6.45, 7) is 2.49. The van der Waals surface area contributed by atoms with Crippen LogP contribution in [-0.4, -0.2) is 48.6 Å². The van der Waals surface area contributed by atoms with Crippen molar-refractivity contribution in [2.45, 2.75) is 37.8 Å². The summed E-state index contributed by atoms with van der Waals surface area (Å²) >= 11 is 2.11. The maximum atomic E-state index is 3.62. The van der Waals surface area contributed by atoms with E-state index in [-0.39, 0.29) is 0 Å². The first-order valence-electron chi connectivity index (χ1n) is 5.87. The van der Waals surface area contributed by atoms with Crippen molar-refractivity contribution in [1.82, 2.24) is 10.2 Å². The van der Waals surface area contributed by atoms with Crippen molar-refractivity contribution in [2.24, 2.45) is 0 Å². The molecule has 2 aliphatic heterocycles. The molecule has 0 aromatic heterocycles. The van der Waals surface area contributed by atoms with Gasteiger partial charge in [0.15, 0.2) is 0 Å². The lowest BCUT2D eigenvalue weighted by atomic mass is 10.0. The topological polar surface area (TPSA) is 15.3 Å². The predicted molar refractivity (Wildman–Crippen MR) is 64.0 cm³/mol. The third-order valence-electron chi connectivity index (χ3n) is 3.45. The summed E-state index contributed by atoms with van der Waals surface area (Å²) in [6, 6.07) is 1.61. The summed E-state index contributed by atoms with van der Waals surface area (Å²) < 4.78 is 0. The average Bonchev–Trinajstić information content (AvgIpc) is 2.72. The first-order valence-corrected chi connectivity index (χ1v) is 7.03. The number of hydrogen-bond donors (Lipinski definition) is 1. The summed E-state index contributed by atoms with van der Waals surface area (Å²) in [4.78, 5) is 2.57. The van der Waals surface area contributed by atoms with E-state index in [1.807, 2.05) is 0 Å². The van der Waals surface area contributed by atoms with E-state index in [2.05, 4.69) is 29.0 Å². The van der Waals surface area contributed by atoms with Crippen molar-refractivity contribution < 1.29 is 0 Å². The molecule has 2 fully saturated rings. The fourth-order valence-electron chi connectivity index (χ4n) is 2.45. The summed E-state index contributed by atoms with van der Waals surface area (Å²) in [5, 5.41) is 3.62. The molecule has 1 N–H and O–H groups in total. The number of nitrogens with zero attached hydrogens (tertiary/aromatic N) is 1. The second-order valence-corrected chi connectivity index (χ2v) is 5.75. The second kappa shape index (κ2) is 5.38. The summed E-state index contributed by atoms with van der Waals surface area (Å²) in [6.07, 6.45) is 5.57. The number of thioether (sulfide) groups is 1. The molecule has 3 heteroatoms. The monoisotopic (exact) mass is 214 g/mol. The Morgan fingerprint density at radius 2 is 2.29 bits per heavy atom. The van der Waals surface area contributed by atoms with Gasteiger partial charge in [-0.25, -0.2) is 0 Å². The maximum Gasteiger partial charge on any atom is 0.0195 e. The Balaban J connectivity index is 1.72. The number of likely N-dealkylation sites (N-methyl/N-ethyl adjacent to an activating group) is 1. The maximum absolute atomic E-state index is 3.62. The molecule has 0 saturated carbocycles. The van der Waals surface area contributed by atoms with Gasteiger partial charge in [0, 0.05) is 24.4 Å². The van der Waals surface area contributed by atoms with Crippen LogP contribution in [0.15, 0.2) is 0 Å². The van der Waals surface area contributed by atoms with Crippen LogP contribution in [0.3, 0.4) is 0 Å². The van der Waals surface area contributed by atoms with E-state index in [0.717, 1.165) is 12.1 Å². The van der Waals surface area contributed by atoms with Crippen LogP contribution in [0.2, 0.25) is 0 Å². The van der Waals surface area contributed by atoms with Gasteiger partial charge in [-0.15, -0.1) is 0 Å². The first kappa shape index (κ1) is 10.8. The molecule has 14 heavy (non-hydrogen) atoms. The third-order valence-corrected chi connectivity index (χ3v) is 4.59. The minimum atomic E-state index is 0.763. The summed E-state index contributed by atoms with van der Waals surface area (Å²) in [5.41, 5.74) is 0. The standard InChI is InChI=1S/C11H22N2S/c1-13(11-5-7-14-9-11)8-10-4-2-3-6-12-10/h10-12H,2-9H2,1H3/t10-,11?/m1/s1. The second-order valence-electron chi connectivity index (χ2n) is 4.60. The van der Waals surface area contributed by atoms with Crippen molar-refractivity contribution in [2.75, 3.05) is 31.6 Å². The van der Waals surface area contributed by atoms with Crippen LogP contribution in [0.5, 0.6) is 0 Å². The van der Waals surface area contributed by atoms with E-state index in [0.29, 0.717) is 0 Å². The predicted octanol–water partition coefficient (Wildman–Crippen LogP) is 1.57. The van der Waals surface area contributed by atoms with Gasteiger partial charge in [-0.3, -0.25) is 0 Å². The first-order chi connectivity index (χ1) is 6.86. The van der Waals surface area contributed by atoms with Gasteiger partial charge in [0.05, 0.1) is 0 Å². The molecule has 1 unspecified atom stereocenters. The Labute approximate surface area is 91.8 Å². The van der Waals surface area contributed by atoms with E-state index in [9.17, 15) is 0 Å². The molecule has 0 radical (unpaired) electrons. The quantitative estimate of drug-likeness (QED) is 0.768. The van der Waals surface area contributed by atoms with Crippen LogP contribution < -0.4 is 5.32 Å². The van der Waals surface area contributed by atoms with Gasteiger partial charge in [-0.2, -0.15) is 11.8 Å². The fraction of sp³-hybridized carbons (Fsp3) is 1.00. The zero-order valence-electron chi connectivity index (χ0n) is 9.17. The van der Waals surface area contributed by atoms with Gasteiger partial charge in [0.1, 0.15) is 0 Å². The Morgan fingerprint density at radius 1 is 1.36 bits per heavy atom. The number of piperidine rings is 1. The molecule has 0 amide bonds. The van der Waals surface area contributed by atoms with Crippen LogP contribution in [0.4, 0.5) is 0 Å². The minimum absolute atomic E-state index is 0.763. The SMILES string of the molecule is CN(C[C@H]1CCCCN1)C1CCSC1. The van der Waals surface area contributed by atoms with Gasteiger partial charge < -0.3 is 10.2 Å². The van der Waals surface area contributed by atoms with Gasteiger partial charge in [-0.05, 0) is 38.6 Å². The molecule has 0 spiro atoms. The summed E-state index contributed by atoms with van der Waals surface area (Å²) in [5.74, 6) is 2.72. The Morgan fingerprint density at radius 3 is 2.93 bits per heavy atom. The van der Waals surface area contributed by atoms with Crippen LogP contribution in [0, 0.1) is 0 Å². The molecule has 2 heterocycles. The van der Waals surface area contributed by atoms with Gasteiger partial charge in [-0.1, -0.05) is 6.42 Å². The van der Waals surface area contributed by atoms with Crippen molar-refractivity contribution in [3.63, 3.8) is 0 Å². The molecule has 2 atom stereocenters. The van der Waals surface area contributed by atoms with E-state index in [4.69, 9.17) is 0 Å².